The summed E-state index contributed by atoms with van der Waals surface area (Å²) in [6.45, 7) is 1.92. The predicted molar refractivity (Wildman–Crippen MR) is 124 cm³/mol. The standard InChI is InChI=1S/C22H19N7O3S/c1-14-11-20-26-22(17-5-3-4-6-18(17)29(20)27-14)25-15-7-9-16(10-8-15)33(30,31)28-19-12-21(32-2)24-13-23-19/h3-13H,1-2H3,(H,25,26)(H,23,24,28). The molecule has 0 aliphatic carbocycles. The normalized spacial score (nSPS) is 11.6. The number of ether oxygens (including phenoxy) is 1. The molecular weight excluding hydrogens is 442 g/mol. The summed E-state index contributed by atoms with van der Waals surface area (Å²) in [5.74, 6) is 1.02. The number of benzene rings is 2. The molecule has 0 fully saturated rings. The zero-order valence-electron chi connectivity index (χ0n) is 17.7. The van der Waals surface area contributed by atoms with E-state index >= 15 is 0 Å². The number of rotatable bonds is 6. The predicted octanol–water partition coefficient (Wildman–Crippen LogP) is 3.53. The average Bonchev–Trinajstić information content (AvgIpc) is 3.20. The second-order valence-corrected chi connectivity index (χ2v) is 8.92. The van der Waals surface area contributed by atoms with Crippen LogP contribution < -0.4 is 14.8 Å². The molecule has 2 N–H and O–H groups in total. The highest BCUT2D eigenvalue weighted by Gasteiger charge is 2.16. The maximum Gasteiger partial charge on any atom is 0.263 e. The molecule has 0 amide bonds. The molecule has 10 nitrogen and oxygen atoms in total. The molecule has 0 unspecified atom stereocenters. The summed E-state index contributed by atoms with van der Waals surface area (Å²) in [5, 5.41) is 8.69. The van der Waals surface area contributed by atoms with E-state index in [9.17, 15) is 8.42 Å². The number of anilines is 3. The first-order valence-electron chi connectivity index (χ1n) is 9.94. The van der Waals surface area contributed by atoms with E-state index in [1.54, 1.807) is 16.6 Å². The van der Waals surface area contributed by atoms with Crippen LogP contribution >= 0.6 is 0 Å². The van der Waals surface area contributed by atoms with E-state index in [0.29, 0.717) is 11.5 Å². The van der Waals surface area contributed by atoms with Gasteiger partial charge in [0.25, 0.3) is 10.0 Å². The third-order valence-electron chi connectivity index (χ3n) is 4.94. The monoisotopic (exact) mass is 461 g/mol. The molecule has 0 saturated carbocycles. The lowest BCUT2D eigenvalue weighted by molar-refractivity contribution is 0.397. The highest BCUT2D eigenvalue weighted by atomic mass is 32.2. The number of methoxy groups -OCH3 is 1. The van der Waals surface area contributed by atoms with Gasteiger partial charge in [0, 0.05) is 23.2 Å². The van der Waals surface area contributed by atoms with E-state index in [2.05, 4.69) is 25.1 Å². The minimum atomic E-state index is -3.84. The van der Waals surface area contributed by atoms with Crippen molar-refractivity contribution in [2.45, 2.75) is 11.8 Å². The van der Waals surface area contributed by atoms with Crippen molar-refractivity contribution in [1.29, 1.82) is 0 Å². The van der Waals surface area contributed by atoms with Gasteiger partial charge >= 0.3 is 0 Å². The average molecular weight is 462 g/mol. The van der Waals surface area contributed by atoms with Gasteiger partial charge in [0.15, 0.2) is 5.65 Å². The van der Waals surface area contributed by atoms with Crippen LogP contribution in [0.4, 0.5) is 17.3 Å². The Bertz CT molecular complexity index is 1580. The van der Waals surface area contributed by atoms with Gasteiger partial charge in [0.2, 0.25) is 5.88 Å². The molecule has 3 heterocycles. The smallest absolute Gasteiger partial charge is 0.263 e. The van der Waals surface area contributed by atoms with Gasteiger partial charge in [-0.1, -0.05) is 12.1 Å². The van der Waals surface area contributed by atoms with E-state index in [1.807, 2.05) is 37.3 Å². The molecule has 166 valence electrons. The molecule has 0 bridgehead atoms. The molecule has 0 saturated heterocycles. The number of fused-ring (bicyclic) bond motifs is 3. The summed E-state index contributed by atoms with van der Waals surface area (Å²) >= 11 is 0. The molecule has 3 aromatic heterocycles. The van der Waals surface area contributed by atoms with E-state index in [-0.39, 0.29) is 16.6 Å². The summed E-state index contributed by atoms with van der Waals surface area (Å²) < 4.78 is 34.7. The summed E-state index contributed by atoms with van der Waals surface area (Å²) in [6, 6.07) is 17.5. The Morgan fingerprint density at radius 3 is 2.58 bits per heavy atom. The first kappa shape index (κ1) is 20.6. The third-order valence-corrected chi connectivity index (χ3v) is 6.31. The maximum absolute atomic E-state index is 12.7. The minimum absolute atomic E-state index is 0.0883. The van der Waals surface area contributed by atoms with Crippen molar-refractivity contribution in [3.63, 3.8) is 0 Å². The van der Waals surface area contributed by atoms with Crippen LogP contribution in [0.2, 0.25) is 0 Å². The Labute approximate surface area is 189 Å². The van der Waals surface area contributed by atoms with E-state index in [0.717, 1.165) is 22.2 Å². The van der Waals surface area contributed by atoms with Crippen LogP contribution in [0.25, 0.3) is 16.6 Å². The van der Waals surface area contributed by atoms with Crippen LogP contribution in [0.1, 0.15) is 5.69 Å². The minimum Gasteiger partial charge on any atom is -0.481 e. The summed E-state index contributed by atoms with van der Waals surface area (Å²) in [7, 11) is -2.40. The number of hydrogen-bond acceptors (Lipinski definition) is 8. The Kier molecular flexibility index (Phi) is 5.02. The second-order valence-electron chi connectivity index (χ2n) is 7.23. The van der Waals surface area contributed by atoms with Crippen molar-refractivity contribution in [2.24, 2.45) is 0 Å². The number of hydrogen-bond donors (Lipinski definition) is 2. The number of para-hydroxylation sites is 1. The van der Waals surface area contributed by atoms with Gasteiger partial charge in [-0.2, -0.15) is 5.10 Å². The van der Waals surface area contributed by atoms with Crippen molar-refractivity contribution in [3.05, 3.63) is 72.7 Å². The number of nitrogens with one attached hydrogen (secondary N) is 2. The number of sulfonamides is 1. The molecule has 2 aromatic carbocycles. The second kappa shape index (κ2) is 8.02. The maximum atomic E-state index is 12.7. The molecule has 0 atom stereocenters. The molecule has 5 aromatic rings. The van der Waals surface area contributed by atoms with Crippen molar-refractivity contribution >= 4 is 43.9 Å². The van der Waals surface area contributed by atoms with Gasteiger partial charge in [0.1, 0.15) is 18.0 Å². The Balaban J connectivity index is 1.43. The van der Waals surface area contributed by atoms with Gasteiger partial charge in [-0.3, -0.25) is 4.72 Å². The fourth-order valence-corrected chi connectivity index (χ4v) is 4.43. The lowest BCUT2D eigenvalue weighted by Crippen LogP contribution is -2.14. The quantitative estimate of drug-likeness (QED) is 0.394. The van der Waals surface area contributed by atoms with Crippen LogP contribution in [-0.4, -0.2) is 40.1 Å². The zero-order chi connectivity index (χ0) is 23.0. The third kappa shape index (κ3) is 4.01. The van der Waals surface area contributed by atoms with Gasteiger partial charge in [0.05, 0.1) is 23.2 Å². The lowest BCUT2D eigenvalue weighted by Gasteiger charge is -2.12. The van der Waals surface area contributed by atoms with E-state index in [4.69, 9.17) is 9.72 Å². The number of aromatic nitrogens is 5. The fraction of sp³-hybridized carbons (Fsp3) is 0.0909. The molecule has 11 heteroatoms. The molecule has 0 aliphatic rings. The first-order chi connectivity index (χ1) is 15.9. The van der Waals surface area contributed by atoms with Crippen LogP contribution in [0.15, 0.2) is 71.9 Å². The van der Waals surface area contributed by atoms with Gasteiger partial charge < -0.3 is 10.1 Å². The summed E-state index contributed by atoms with van der Waals surface area (Å²) in [6.07, 6.45) is 1.22. The van der Waals surface area contributed by atoms with Crippen LogP contribution in [0.3, 0.4) is 0 Å². The molecular formula is C22H19N7O3S. The summed E-state index contributed by atoms with van der Waals surface area (Å²) in [5.41, 5.74) is 3.20. The highest BCUT2D eigenvalue weighted by molar-refractivity contribution is 7.92. The van der Waals surface area contributed by atoms with Crippen LogP contribution in [-0.2, 0) is 10.0 Å². The molecule has 33 heavy (non-hydrogen) atoms. The topological polar surface area (TPSA) is 123 Å². The van der Waals surface area contributed by atoms with Gasteiger partial charge in [-0.05, 0) is 43.3 Å². The largest absolute Gasteiger partial charge is 0.481 e. The van der Waals surface area contributed by atoms with Crippen molar-refractivity contribution < 1.29 is 13.2 Å². The SMILES string of the molecule is COc1cc(NS(=O)(=O)c2ccc(Nc3nc4cc(C)nn4c4ccccc34)cc2)ncn1. The molecule has 0 radical (unpaired) electrons. The fourth-order valence-electron chi connectivity index (χ4n) is 3.43. The molecule has 0 aliphatic heterocycles. The number of aryl methyl sites for hydroxylation is 1. The van der Waals surface area contributed by atoms with Crippen molar-refractivity contribution in [3.8, 4) is 5.88 Å². The Morgan fingerprint density at radius 1 is 1.00 bits per heavy atom. The van der Waals surface area contributed by atoms with Crippen molar-refractivity contribution in [2.75, 3.05) is 17.1 Å². The zero-order valence-corrected chi connectivity index (χ0v) is 18.5. The van der Waals surface area contributed by atoms with Crippen LogP contribution in [0.5, 0.6) is 5.88 Å². The Hall–Kier alpha value is -4.25. The van der Waals surface area contributed by atoms with Gasteiger partial charge in [-0.15, -0.1) is 0 Å². The summed E-state index contributed by atoms with van der Waals surface area (Å²) in [4.78, 5) is 12.6. The lowest BCUT2D eigenvalue weighted by atomic mass is 10.2. The van der Waals surface area contributed by atoms with Gasteiger partial charge in [-0.25, -0.2) is 27.9 Å². The molecule has 5 rings (SSSR count). The first-order valence-corrected chi connectivity index (χ1v) is 11.4. The Morgan fingerprint density at radius 2 is 1.79 bits per heavy atom. The molecule has 0 spiro atoms. The number of nitrogens with zero attached hydrogens (tertiary/aromatic N) is 5. The van der Waals surface area contributed by atoms with Crippen molar-refractivity contribution in [1.82, 2.24) is 24.6 Å². The van der Waals surface area contributed by atoms with E-state index in [1.165, 1.54) is 31.6 Å². The van der Waals surface area contributed by atoms with Crippen LogP contribution in [0, 0.1) is 6.92 Å². The van der Waals surface area contributed by atoms with E-state index < -0.39 is 10.0 Å². The highest BCUT2D eigenvalue weighted by Crippen LogP contribution is 2.27.